The lowest BCUT2D eigenvalue weighted by Gasteiger charge is -2.35. The molecule has 0 amide bonds. The quantitative estimate of drug-likeness (QED) is 0.868. The minimum Gasteiger partial charge on any atom is -0.361 e. The van der Waals surface area contributed by atoms with Crippen molar-refractivity contribution in [2.24, 2.45) is 0 Å². The van der Waals surface area contributed by atoms with Crippen LogP contribution in [0, 0.1) is 27.7 Å². The number of aryl methyl sites for hydroxylation is 4. The van der Waals surface area contributed by atoms with Crippen LogP contribution < -0.4 is 0 Å². The maximum Gasteiger partial charge on any atom is 0.147 e. The first-order valence-electron chi connectivity index (χ1n) is 8.08. The van der Waals surface area contributed by atoms with E-state index in [9.17, 15) is 0 Å². The molecule has 1 fully saturated rings. The number of hydrogen-bond donors (Lipinski definition) is 0. The van der Waals surface area contributed by atoms with Crippen LogP contribution in [0.1, 0.15) is 47.9 Å². The first-order valence-corrected chi connectivity index (χ1v) is 8.08. The summed E-state index contributed by atoms with van der Waals surface area (Å²) < 4.78 is 7.36. The minimum atomic E-state index is 0.502. The molecule has 0 spiro atoms. The summed E-state index contributed by atoms with van der Waals surface area (Å²) in [5.41, 5.74) is 2.24. The third kappa shape index (κ3) is 3.06. The number of rotatable bonds is 4. The third-order valence-electron chi connectivity index (χ3n) is 4.64. The highest BCUT2D eigenvalue weighted by Crippen LogP contribution is 2.23. The topological polar surface area (TPSA) is 60.0 Å². The van der Waals surface area contributed by atoms with Crippen molar-refractivity contribution in [3.05, 3.63) is 28.7 Å². The van der Waals surface area contributed by atoms with E-state index in [2.05, 4.69) is 20.1 Å². The molecule has 0 radical (unpaired) electrons. The first-order chi connectivity index (χ1) is 10.5. The van der Waals surface area contributed by atoms with Gasteiger partial charge in [0.15, 0.2) is 0 Å². The molecule has 0 saturated carbocycles. The summed E-state index contributed by atoms with van der Waals surface area (Å²) in [6.45, 7) is 11.0. The monoisotopic (exact) mass is 303 g/mol. The van der Waals surface area contributed by atoms with Crippen LogP contribution in [0.5, 0.6) is 0 Å². The smallest absolute Gasteiger partial charge is 0.147 e. The van der Waals surface area contributed by atoms with Crippen molar-refractivity contribution in [3.8, 4) is 0 Å². The van der Waals surface area contributed by atoms with Gasteiger partial charge in [-0.1, -0.05) is 11.6 Å². The Morgan fingerprint density at radius 3 is 2.64 bits per heavy atom. The molecular weight excluding hydrogens is 278 g/mol. The first kappa shape index (κ1) is 15.2. The molecule has 3 rings (SSSR count). The van der Waals surface area contributed by atoms with Gasteiger partial charge in [0.25, 0.3) is 0 Å². The van der Waals surface area contributed by atoms with E-state index >= 15 is 0 Å². The van der Waals surface area contributed by atoms with E-state index in [1.807, 2.05) is 32.4 Å². The molecule has 120 valence electrons. The highest BCUT2D eigenvalue weighted by Gasteiger charge is 2.25. The minimum absolute atomic E-state index is 0.502. The number of piperidine rings is 1. The maximum atomic E-state index is 5.31. The van der Waals surface area contributed by atoms with Crippen LogP contribution in [0.25, 0.3) is 0 Å². The predicted molar refractivity (Wildman–Crippen MR) is 83.5 cm³/mol. The van der Waals surface area contributed by atoms with Gasteiger partial charge in [-0.15, -0.1) is 0 Å². The lowest BCUT2D eigenvalue weighted by Crippen LogP contribution is -2.42. The number of likely N-dealkylation sites (tertiary alicyclic amines) is 1. The van der Waals surface area contributed by atoms with E-state index < -0.39 is 0 Å². The van der Waals surface area contributed by atoms with Gasteiger partial charge >= 0.3 is 0 Å². The Labute approximate surface area is 131 Å². The van der Waals surface area contributed by atoms with Crippen molar-refractivity contribution in [1.29, 1.82) is 0 Å². The van der Waals surface area contributed by atoms with E-state index in [0.29, 0.717) is 6.04 Å². The third-order valence-corrected chi connectivity index (χ3v) is 4.64. The Bertz CT molecular complexity index is 626. The second kappa shape index (κ2) is 6.20. The lowest BCUT2D eigenvalue weighted by molar-refractivity contribution is 0.120. The van der Waals surface area contributed by atoms with Gasteiger partial charge in [0, 0.05) is 18.2 Å². The fourth-order valence-corrected chi connectivity index (χ4v) is 3.34. The average molecular weight is 303 g/mol. The van der Waals surface area contributed by atoms with E-state index in [0.717, 1.165) is 42.7 Å². The van der Waals surface area contributed by atoms with Crippen LogP contribution >= 0.6 is 0 Å². The summed E-state index contributed by atoms with van der Waals surface area (Å²) in [6.07, 6.45) is 3.76. The SMILES string of the molecule is Cc1nc(C)n(CC2CCCCN2Cc2c(C)noc2C)n1. The van der Waals surface area contributed by atoms with Crippen molar-refractivity contribution >= 4 is 0 Å². The Morgan fingerprint density at radius 1 is 1.18 bits per heavy atom. The second-order valence-corrected chi connectivity index (χ2v) is 6.31. The summed E-state index contributed by atoms with van der Waals surface area (Å²) in [7, 11) is 0. The van der Waals surface area contributed by atoms with Crippen molar-refractivity contribution in [3.63, 3.8) is 0 Å². The molecule has 22 heavy (non-hydrogen) atoms. The highest BCUT2D eigenvalue weighted by atomic mass is 16.5. The maximum absolute atomic E-state index is 5.31. The number of nitrogens with zero attached hydrogens (tertiary/aromatic N) is 5. The van der Waals surface area contributed by atoms with E-state index in [1.165, 1.54) is 24.8 Å². The highest BCUT2D eigenvalue weighted by molar-refractivity contribution is 5.20. The molecule has 1 saturated heterocycles. The zero-order valence-electron chi connectivity index (χ0n) is 14.0. The number of aromatic nitrogens is 4. The summed E-state index contributed by atoms with van der Waals surface area (Å²) in [5, 5.41) is 8.60. The Hall–Kier alpha value is -1.69. The van der Waals surface area contributed by atoms with Crippen LogP contribution in [-0.2, 0) is 13.1 Å². The standard InChI is InChI=1S/C16H25N5O/c1-11-16(12(2)22-19-11)10-20-8-6-5-7-15(20)9-21-14(4)17-13(3)18-21/h15H,5-10H2,1-4H3. The van der Waals surface area contributed by atoms with Crippen LogP contribution in [0.3, 0.4) is 0 Å². The normalized spacial score (nSPS) is 19.7. The summed E-state index contributed by atoms with van der Waals surface area (Å²) in [6, 6.07) is 0.502. The fourth-order valence-electron chi connectivity index (χ4n) is 3.34. The molecule has 0 aliphatic carbocycles. The molecule has 2 aromatic rings. The van der Waals surface area contributed by atoms with Gasteiger partial charge in [-0.05, 0) is 47.1 Å². The molecular formula is C16H25N5O. The Kier molecular flexibility index (Phi) is 4.29. The molecule has 3 heterocycles. The average Bonchev–Trinajstić information content (AvgIpc) is 2.96. The molecule has 1 aliphatic heterocycles. The van der Waals surface area contributed by atoms with Crippen LogP contribution in [0.2, 0.25) is 0 Å². The zero-order chi connectivity index (χ0) is 15.7. The van der Waals surface area contributed by atoms with Gasteiger partial charge in [-0.25, -0.2) is 9.67 Å². The Morgan fingerprint density at radius 2 is 2.00 bits per heavy atom. The van der Waals surface area contributed by atoms with Gasteiger partial charge in [0.2, 0.25) is 0 Å². The molecule has 6 nitrogen and oxygen atoms in total. The lowest BCUT2D eigenvalue weighted by atomic mass is 10.0. The molecule has 6 heteroatoms. The largest absolute Gasteiger partial charge is 0.361 e. The van der Waals surface area contributed by atoms with Gasteiger partial charge in [0.1, 0.15) is 17.4 Å². The van der Waals surface area contributed by atoms with Crippen molar-refractivity contribution in [2.75, 3.05) is 6.54 Å². The zero-order valence-corrected chi connectivity index (χ0v) is 14.0. The van der Waals surface area contributed by atoms with E-state index in [1.54, 1.807) is 0 Å². The fraction of sp³-hybridized carbons (Fsp3) is 0.688. The molecule has 1 aliphatic rings. The van der Waals surface area contributed by atoms with Gasteiger partial charge in [-0.3, -0.25) is 4.90 Å². The molecule has 1 atom stereocenters. The molecule has 0 N–H and O–H groups in total. The molecule has 1 unspecified atom stereocenters. The molecule has 0 aromatic carbocycles. The van der Waals surface area contributed by atoms with Crippen LogP contribution in [-0.4, -0.2) is 37.4 Å². The van der Waals surface area contributed by atoms with E-state index in [-0.39, 0.29) is 0 Å². The van der Waals surface area contributed by atoms with E-state index in [4.69, 9.17) is 4.52 Å². The molecule has 0 bridgehead atoms. The summed E-state index contributed by atoms with van der Waals surface area (Å²) in [5.74, 6) is 2.79. The second-order valence-electron chi connectivity index (χ2n) is 6.31. The van der Waals surface area contributed by atoms with Crippen LogP contribution in [0.15, 0.2) is 4.52 Å². The van der Waals surface area contributed by atoms with Crippen molar-refractivity contribution in [1.82, 2.24) is 24.8 Å². The van der Waals surface area contributed by atoms with Crippen molar-refractivity contribution in [2.45, 2.75) is 66.1 Å². The van der Waals surface area contributed by atoms with Gasteiger partial charge in [0.05, 0.1) is 12.2 Å². The molecule has 2 aromatic heterocycles. The van der Waals surface area contributed by atoms with Crippen molar-refractivity contribution < 1.29 is 4.52 Å². The van der Waals surface area contributed by atoms with Crippen LogP contribution in [0.4, 0.5) is 0 Å². The summed E-state index contributed by atoms with van der Waals surface area (Å²) >= 11 is 0. The number of hydrogen-bond acceptors (Lipinski definition) is 5. The predicted octanol–water partition coefficient (Wildman–Crippen LogP) is 2.55. The van der Waals surface area contributed by atoms with Gasteiger partial charge < -0.3 is 4.52 Å². The van der Waals surface area contributed by atoms with Gasteiger partial charge in [-0.2, -0.15) is 5.10 Å². The Balaban J connectivity index is 1.75. The summed E-state index contributed by atoms with van der Waals surface area (Å²) in [4.78, 5) is 6.96.